The third-order valence-corrected chi connectivity index (χ3v) is 8.05. The first-order valence-corrected chi connectivity index (χ1v) is 16.0. The molecule has 6 heteroatoms. The van der Waals surface area contributed by atoms with Gasteiger partial charge in [-0.2, -0.15) is 4.57 Å². The predicted octanol–water partition coefficient (Wildman–Crippen LogP) is 6.03. The number of rotatable bonds is 19. The van der Waals surface area contributed by atoms with Crippen LogP contribution in [0.4, 0.5) is 5.69 Å². The average molecular weight is 630 g/mol. The molecule has 2 aromatic carbocycles. The third-order valence-electron chi connectivity index (χ3n) is 7.19. The van der Waals surface area contributed by atoms with E-state index in [4.69, 9.17) is 4.74 Å². The van der Waals surface area contributed by atoms with Crippen LogP contribution in [0.15, 0.2) is 60.2 Å². The van der Waals surface area contributed by atoms with Gasteiger partial charge in [-0.25, -0.2) is 0 Å². The molecule has 0 fully saturated rings. The molecule has 1 aromatic heterocycles. The maximum absolute atomic E-state index is 12.6. The zero-order valence-corrected chi connectivity index (χ0v) is 27.3. The van der Waals surface area contributed by atoms with Gasteiger partial charge < -0.3 is 26.6 Å². The van der Waals surface area contributed by atoms with Gasteiger partial charge in [0.25, 0.3) is 0 Å². The van der Waals surface area contributed by atoms with E-state index in [9.17, 15) is 4.79 Å². The van der Waals surface area contributed by atoms with Crippen LogP contribution in [0.1, 0.15) is 107 Å². The Morgan fingerprint density at radius 2 is 1.48 bits per heavy atom. The first-order chi connectivity index (χ1) is 19.0. The zero-order valence-electron chi connectivity index (χ0n) is 24.9. The molecule has 1 heterocycles. The fourth-order valence-electron chi connectivity index (χ4n) is 5.00. The number of anilines is 1. The lowest BCUT2D eigenvalue weighted by Crippen LogP contribution is -3.00. The third kappa shape index (κ3) is 13.0. The standard InChI is InChI=1S/C34H49N2O2S.BrH/c1-4-5-6-7-8-9-10-11-12-13-14-15-22-38-34-21-17-19-32(24-34)27-36(30(3)37)33-20-16-18-31(23-33)26-35-25-29(2)39-28-35;/h16-21,23-25,28H,4-15,22,26-27H2,1-3H3;1H/q+1;/p-1. The molecule has 4 nitrogen and oxygen atoms in total. The van der Waals surface area contributed by atoms with Crippen molar-refractivity contribution in [2.75, 3.05) is 11.5 Å². The quantitative estimate of drug-likeness (QED) is 0.120. The molecule has 0 spiro atoms. The minimum atomic E-state index is 0. The van der Waals surface area contributed by atoms with Crippen molar-refractivity contribution in [1.29, 1.82) is 0 Å². The molecule has 0 unspecified atom stereocenters. The van der Waals surface area contributed by atoms with E-state index in [2.05, 4.69) is 54.4 Å². The summed E-state index contributed by atoms with van der Waals surface area (Å²) >= 11 is 1.74. The highest BCUT2D eigenvalue weighted by atomic mass is 79.9. The van der Waals surface area contributed by atoms with Gasteiger partial charge in [-0.05, 0) is 43.2 Å². The van der Waals surface area contributed by atoms with Gasteiger partial charge in [0.1, 0.15) is 5.75 Å². The Bertz CT molecular complexity index is 1120. The summed E-state index contributed by atoms with van der Waals surface area (Å²) < 4.78 is 8.26. The minimum absolute atomic E-state index is 0. The lowest BCUT2D eigenvalue weighted by atomic mass is 10.1. The van der Waals surface area contributed by atoms with E-state index in [0.29, 0.717) is 6.54 Å². The molecule has 0 bridgehead atoms. The van der Waals surface area contributed by atoms with Crippen LogP contribution in [0.3, 0.4) is 0 Å². The number of amides is 1. The molecule has 1 amide bonds. The van der Waals surface area contributed by atoms with Crippen molar-refractivity contribution < 1.29 is 31.1 Å². The first kappa shape index (κ1) is 34.0. The number of nitrogens with zero attached hydrogens (tertiary/aromatic N) is 2. The molecule has 0 aliphatic heterocycles. The molecule has 3 rings (SSSR count). The molecule has 0 atom stereocenters. The van der Waals surface area contributed by atoms with Gasteiger partial charge >= 0.3 is 0 Å². The summed E-state index contributed by atoms with van der Waals surface area (Å²) in [6.07, 6.45) is 18.3. The van der Waals surface area contributed by atoms with Crippen LogP contribution in [0.2, 0.25) is 0 Å². The van der Waals surface area contributed by atoms with E-state index >= 15 is 0 Å². The fraction of sp³-hybridized carbons (Fsp3) is 0.529. The Morgan fingerprint density at radius 3 is 2.10 bits per heavy atom. The second kappa shape index (κ2) is 19.8. The Kier molecular flexibility index (Phi) is 16.9. The topological polar surface area (TPSA) is 33.4 Å². The molecule has 0 saturated heterocycles. The van der Waals surface area contributed by atoms with Gasteiger partial charge in [0.15, 0.2) is 12.7 Å². The van der Waals surface area contributed by atoms with Crippen LogP contribution < -0.4 is 31.2 Å². The summed E-state index contributed by atoms with van der Waals surface area (Å²) in [5.41, 5.74) is 5.31. The van der Waals surface area contributed by atoms with Crippen LogP contribution in [0, 0.1) is 6.92 Å². The Balaban J connectivity index is 0.00000560. The predicted molar refractivity (Wildman–Crippen MR) is 165 cm³/mol. The number of halogens is 1. The van der Waals surface area contributed by atoms with Crippen molar-refractivity contribution in [3.05, 3.63) is 76.2 Å². The van der Waals surface area contributed by atoms with Gasteiger partial charge in [-0.3, -0.25) is 4.79 Å². The van der Waals surface area contributed by atoms with Crippen molar-refractivity contribution in [1.82, 2.24) is 0 Å². The number of carbonyl (C=O) groups is 1. The average Bonchev–Trinajstić information content (AvgIpc) is 3.34. The maximum atomic E-state index is 12.6. The summed E-state index contributed by atoms with van der Waals surface area (Å²) in [6.45, 7) is 8.11. The summed E-state index contributed by atoms with van der Waals surface area (Å²) in [4.78, 5) is 15.7. The monoisotopic (exact) mass is 628 g/mol. The van der Waals surface area contributed by atoms with Gasteiger partial charge in [-0.15, -0.1) is 0 Å². The first-order valence-electron chi connectivity index (χ1n) is 15.1. The van der Waals surface area contributed by atoms with Crippen molar-refractivity contribution in [3.63, 3.8) is 0 Å². The van der Waals surface area contributed by atoms with Crippen molar-refractivity contribution in [2.24, 2.45) is 0 Å². The summed E-state index contributed by atoms with van der Waals surface area (Å²) in [5, 5.41) is 0. The number of benzene rings is 2. The molecular weight excluding hydrogens is 580 g/mol. The van der Waals surface area contributed by atoms with Crippen LogP contribution in [0.5, 0.6) is 5.75 Å². The van der Waals surface area contributed by atoms with Crippen LogP contribution in [0.25, 0.3) is 0 Å². The number of ether oxygens (including phenoxy) is 1. The second-order valence-electron chi connectivity index (χ2n) is 10.8. The van der Waals surface area contributed by atoms with E-state index < -0.39 is 0 Å². The van der Waals surface area contributed by atoms with Gasteiger partial charge in [-0.1, -0.05) is 113 Å². The Morgan fingerprint density at radius 1 is 0.850 bits per heavy atom. The van der Waals surface area contributed by atoms with Gasteiger partial charge in [0.2, 0.25) is 11.4 Å². The fourth-order valence-corrected chi connectivity index (χ4v) is 5.63. The summed E-state index contributed by atoms with van der Waals surface area (Å²) in [7, 11) is 0. The summed E-state index contributed by atoms with van der Waals surface area (Å²) in [6, 6.07) is 16.5. The van der Waals surface area contributed by atoms with Crippen LogP contribution in [-0.2, 0) is 17.9 Å². The molecule has 0 N–H and O–H groups in total. The summed E-state index contributed by atoms with van der Waals surface area (Å²) in [5.74, 6) is 0.922. The number of aromatic nitrogens is 1. The number of carbonyl (C=O) groups excluding carboxylic acids is 1. The molecule has 220 valence electrons. The highest BCUT2D eigenvalue weighted by Crippen LogP contribution is 2.22. The van der Waals surface area contributed by atoms with Gasteiger partial charge in [0, 0.05) is 18.2 Å². The SMILES string of the molecule is CCCCCCCCCCCCCCOc1cccc(CN(C(C)=O)c2cccc(C[n+]3csc(C)c3)c2)c1.[Br-]. The van der Waals surface area contributed by atoms with Crippen molar-refractivity contribution >= 4 is 22.9 Å². The molecule has 40 heavy (non-hydrogen) atoms. The van der Waals surface area contributed by atoms with Crippen LogP contribution >= 0.6 is 11.3 Å². The number of hydrogen-bond acceptors (Lipinski definition) is 3. The number of unbranched alkanes of at least 4 members (excludes halogenated alkanes) is 11. The normalized spacial score (nSPS) is 10.8. The Labute approximate surface area is 257 Å². The van der Waals surface area contributed by atoms with E-state index in [1.165, 1.54) is 81.1 Å². The Hall–Kier alpha value is -2.18. The zero-order chi connectivity index (χ0) is 27.7. The maximum Gasteiger partial charge on any atom is 0.225 e. The van der Waals surface area contributed by atoms with E-state index in [-0.39, 0.29) is 22.9 Å². The highest BCUT2D eigenvalue weighted by Gasteiger charge is 2.14. The number of aryl methyl sites for hydroxylation is 1. The molecular formula is C34H49BrN2O2S. The lowest BCUT2D eigenvalue weighted by molar-refractivity contribution is -0.683. The minimum Gasteiger partial charge on any atom is -1.00 e. The second-order valence-corrected chi connectivity index (χ2v) is 11.9. The van der Waals surface area contributed by atoms with Crippen molar-refractivity contribution in [2.45, 2.75) is 111 Å². The van der Waals surface area contributed by atoms with Crippen molar-refractivity contribution in [3.8, 4) is 5.75 Å². The largest absolute Gasteiger partial charge is 1.00 e. The van der Waals surface area contributed by atoms with E-state index in [1.807, 2.05) is 29.2 Å². The van der Waals surface area contributed by atoms with E-state index in [1.54, 1.807) is 18.3 Å². The molecule has 0 aliphatic rings. The lowest BCUT2D eigenvalue weighted by Gasteiger charge is -2.22. The smallest absolute Gasteiger partial charge is 0.225 e. The molecule has 0 radical (unpaired) electrons. The highest BCUT2D eigenvalue weighted by molar-refractivity contribution is 7.09. The van der Waals surface area contributed by atoms with E-state index in [0.717, 1.165) is 36.6 Å². The van der Waals surface area contributed by atoms with Gasteiger partial charge in [0.05, 0.1) is 18.0 Å². The molecule has 0 aliphatic carbocycles. The number of thiazole rings is 1. The van der Waals surface area contributed by atoms with Crippen LogP contribution in [-0.4, -0.2) is 12.5 Å². The molecule has 0 saturated carbocycles. The molecule has 3 aromatic rings. The number of hydrogen-bond donors (Lipinski definition) is 0.